The maximum atomic E-state index is 12.7. The number of piperidine rings is 1. The van der Waals surface area contributed by atoms with Gasteiger partial charge in [-0.2, -0.15) is 0 Å². The first-order chi connectivity index (χ1) is 16.5. The number of amides is 1. The highest BCUT2D eigenvalue weighted by Crippen LogP contribution is 2.37. The zero-order valence-corrected chi connectivity index (χ0v) is 21.9. The Morgan fingerprint density at radius 3 is 2.06 bits per heavy atom. The Morgan fingerprint density at radius 1 is 0.941 bits per heavy atom. The van der Waals surface area contributed by atoms with Gasteiger partial charge in [-0.3, -0.25) is 9.69 Å². The van der Waals surface area contributed by atoms with Crippen LogP contribution < -0.4 is 9.64 Å². The summed E-state index contributed by atoms with van der Waals surface area (Å²) < 4.78 is 6.51. The van der Waals surface area contributed by atoms with Crippen molar-refractivity contribution < 1.29 is 9.53 Å². The minimum absolute atomic E-state index is 0.215. The molecule has 186 valence electrons. The van der Waals surface area contributed by atoms with E-state index in [0.29, 0.717) is 24.9 Å². The number of benzene rings is 2. The van der Waals surface area contributed by atoms with Crippen LogP contribution >= 0.6 is 0 Å². The van der Waals surface area contributed by atoms with E-state index in [1.165, 1.54) is 11.1 Å². The Hall–Kier alpha value is -2.33. The topological polar surface area (TPSA) is 32.8 Å². The first kappa shape index (κ1) is 26.3. The molecule has 1 amide bonds. The predicted octanol–water partition coefficient (Wildman–Crippen LogP) is 7.00. The molecule has 34 heavy (non-hydrogen) atoms. The van der Waals surface area contributed by atoms with E-state index in [-0.39, 0.29) is 11.9 Å². The molecule has 2 aromatic rings. The van der Waals surface area contributed by atoms with Gasteiger partial charge in [0.1, 0.15) is 12.4 Å². The lowest BCUT2D eigenvalue weighted by Gasteiger charge is -2.38. The number of ether oxygens (including phenoxy) is 1. The van der Waals surface area contributed by atoms with Gasteiger partial charge in [-0.1, -0.05) is 71.0 Å². The molecular formula is C30H44N2O2. The lowest BCUT2D eigenvalue weighted by molar-refractivity contribution is -0.119. The van der Waals surface area contributed by atoms with Crippen LogP contribution in [0.25, 0.3) is 0 Å². The molecule has 4 heteroatoms. The monoisotopic (exact) mass is 464 g/mol. The molecule has 0 bridgehead atoms. The Morgan fingerprint density at radius 2 is 1.53 bits per heavy atom. The summed E-state index contributed by atoms with van der Waals surface area (Å²) in [7, 11) is 0. The number of carbonyl (C=O) groups is 1. The van der Waals surface area contributed by atoms with Crippen LogP contribution in [0.4, 0.5) is 5.69 Å². The van der Waals surface area contributed by atoms with E-state index < -0.39 is 0 Å². The quantitative estimate of drug-likeness (QED) is 0.359. The third kappa shape index (κ3) is 6.41. The Labute approximate surface area is 207 Å². The first-order valence-corrected chi connectivity index (χ1v) is 13.3. The largest absolute Gasteiger partial charge is 0.492 e. The molecule has 0 radical (unpaired) electrons. The minimum Gasteiger partial charge on any atom is -0.492 e. The van der Waals surface area contributed by atoms with Crippen molar-refractivity contribution in [3.8, 4) is 5.75 Å². The van der Waals surface area contributed by atoms with E-state index >= 15 is 0 Å². The van der Waals surface area contributed by atoms with E-state index in [1.54, 1.807) is 0 Å². The van der Waals surface area contributed by atoms with Crippen LogP contribution in [0.3, 0.4) is 0 Å². The molecule has 3 rings (SSSR count). The summed E-state index contributed by atoms with van der Waals surface area (Å²) in [5.41, 5.74) is 3.71. The molecule has 2 unspecified atom stereocenters. The average molecular weight is 465 g/mol. The number of anilines is 1. The number of likely N-dealkylation sites (tertiary alicyclic amines) is 1. The Kier molecular flexibility index (Phi) is 10.0. The fraction of sp³-hybridized carbons (Fsp3) is 0.567. The van der Waals surface area contributed by atoms with Crippen molar-refractivity contribution in [3.05, 3.63) is 59.7 Å². The van der Waals surface area contributed by atoms with Gasteiger partial charge in [0.05, 0.1) is 0 Å². The molecule has 0 spiro atoms. The lowest BCUT2D eigenvalue weighted by Crippen LogP contribution is -2.48. The van der Waals surface area contributed by atoms with E-state index in [2.05, 4.69) is 62.9 Å². The van der Waals surface area contributed by atoms with Crippen molar-refractivity contribution in [1.82, 2.24) is 4.90 Å². The van der Waals surface area contributed by atoms with Gasteiger partial charge in [0.25, 0.3) is 0 Å². The van der Waals surface area contributed by atoms with Crippen molar-refractivity contribution in [3.63, 3.8) is 0 Å². The third-order valence-corrected chi connectivity index (χ3v) is 7.54. The van der Waals surface area contributed by atoms with Crippen LogP contribution in [0, 0.1) is 0 Å². The molecule has 0 saturated carbocycles. The number of nitrogens with zero attached hydrogens (tertiary/aromatic N) is 2. The Bertz CT molecular complexity index is 862. The molecule has 1 heterocycles. The molecule has 2 atom stereocenters. The zero-order valence-electron chi connectivity index (χ0n) is 21.9. The van der Waals surface area contributed by atoms with E-state index in [0.717, 1.165) is 56.8 Å². The number of hydrogen-bond donors (Lipinski definition) is 0. The van der Waals surface area contributed by atoms with Crippen LogP contribution in [0.2, 0.25) is 0 Å². The van der Waals surface area contributed by atoms with Gasteiger partial charge < -0.3 is 9.64 Å². The first-order valence-electron chi connectivity index (χ1n) is 13.3. The van der Waals surface area contributed by atoms with Crippen molar-refractivity contribution in [2.75, 3.05) is 31.1 Å². The highest BCUT2D eigenvalue weighted by molar-refractivity contribution is 5.93. The maximum Gasteiger partial charge on any atom is 0.226 e. The Balaban J connectivity index is 1.60. The normalized spacial score (nSPS) is 16.7. The van der Waals surface area contributed by atoms with Crippen LogP contribution in [-0.4, -0.2) is 43.1 Å². The summed E-state index contributed by atoms with van der Waals surface area (Å²) in [5, 5.41) is 0. The van der Waals surface area contributed by atoms with Gasteiger partial charge in [-0.15, -0.1) is 0 Å². The molecule has 0 aromatic heterocycles. The summed E-state index contributed by atoms with van der Waals surface area (Å²) in [4.78, 5) is 17.3. The van der Waals surface area contributed by atoms with Gasteiger partial charge in [0.2, 0.25) is 5.91 Å². The van der Waals surface area contributed by atoms with Crippen LogP contribution in [0.5, 0.6) is 5.75 Å². The van der Waals surface area contributed by atoms with Crippen LogP contribution in [0.15, 0.2) is 48.5 Å². The molecule has 4 nitrogen and oxygen atoms in total. The van der Waals surface area contributed by atoms with E-state index in [9.17, 15) is 4.79 Å². The second-order valence-corrected chi connectivity index (χ2v) is 9.76. The van der Waals surface area contributed by atoms with Crippen molar-refractivity contribution in [2.24, 2.45) is 0 Å². The molecular weight excluding hydrogens is 420 g/mol. The molecule has 2 aromatic carbocycles. The lowest BCUT2D eigenvalue weighted by atomic mass is 9.90. The van der Waals surface area contributed by atoms with Gasteiger partial charge in [0.15, 0.2) is 0 Å². The summed E-state index contributed by atoms with van der Waals surface area (Å²) in [6, 6.07) is 17.1. The number of rotatable bonds is 11. The second-order valence-electron chi connectivity index (χ2n) is 9.76. The summed E-state index contributed by atoms with van der Waals surface area (Å²) in [6.07, 6.45) is 4.77. The van der Waals surface area contributed by atoms with Crippen molar-refractivity contribution in [1.29, 1.82) is 0 Å². The van der Waals surface area contributed by atoms with Crippen molar-refractivity contribution in [2.45, 2.75) is 84.6 Å². The van der Waals surface area contributed by atoms with Gasteiger partial charge in [-0.25, -0.2) is 0 Å². The highest BCUT2D eigenvalue weighted by atomic mass is 16.5. The molecule has 1 aliphatic heterocycles. The smallest absolute Gasteiger partial charge is 0.226 e. The van der Waals surface area contributed by atoms with E-state index in [1.807, 2.05) is 30.0 Å². The van der Waals surface area contributed by atoms with E-state index in [4.69, 9.17) is 4.74 Å². The standard InChI is InChI=1S/C30H44N2O2/c1-6-23(4)27-15-12-16-28(24(5)7-2)30(27)34-22-21-31-19-17-26(18-20-31)32(29(33)8-3)25-13-10-9-11-14-25/h9-16,23-24,26H,6-8,17-22H2,1-5H3. The van der Waals surface area contributed by atoms with Crippen LogP contribution in [-0.2, 0) is 4.79 Å². The predicted molar refractivity (Wildman–Crippen MR) is 143 cm³/mol. The molecule has 1 saturated heterocycles. The minimum atomic E-state index is 0.215. The summed E-state index contributed by atoms with van der Waals surface area (Å²) in [6.45, 7) is 14.7. The van der Waals surface area contributed by atoms with Gasteiger partial charge in [0, 0.05) is 37.8 Å². The van der Waals surface area contributed by atoms with Crippen molar-refractivity contribution >= 4 is 11.6 Å². The number of carbonyl (C=O) groups excluding carboxylic acids is 1. The summed E-state index contributed by atoms with van der Waals surface area (Å²) >= 11 is 0. The second kappa shape index (κ2) is 12.9. The molecule has 1 aliphatic rings. The maximum absolute atomic E-state index is 12.7. The highest BCUT2D eigenvalue weighted by Gasteiger charge is 2.28. The number of para-hydroxylation sites is 2. The third-order valence-electron chi connectivity index (χ3n) is 7.54. The summed E-state index contributed by atoms with van der Waals surface area (Å²) in [5.74, 6) is 2.32. The molecule has 0 aliphatic carbocycles. The van der Waals surface area contributed by atoms with Gasteiger partial charge in [-0.05, 0) is 60.8 Å². The van der Waals surface area contributed by atoms with Crippen LogP contribution in [0.1, 0.15) is 89.7 Å². The SMILES string of the molecule is CCC(=O)N(c1ccccc1)C1CCN(CCOc2c(C(C)CC)cccc2C(C)CC)CC1. The number of hydrogen-bond acceptors (Lipinski definition) is 3. The average Bonchev–Trinajstić information content (AvgIpc) is 2.89. The molecule has 1 fully saturated rings. The fourth-order valence-corrected chi connectivity index (χ4v) is 4.95. The molecule has 0 N–H and O–H groups in total. The zero-order chi connectivity index (χ0) is 24.5. The fourth-order valence-electron chi connectivity index (χ4n) is 4.95. The van der Waals surface area contributed by atoms with Gasteiger partial charge >= 0.3 is 0 Å².